The number of fused-ring (bicyclic) bond motifs is 1. The van der Waals surface area contributed by atoms with Crippen molar-refractivity contribution in [2.24, 2.45) is 0 Å². The highest BCUT2D eigenvalue weighted by Gasteiger charge is 2.27. The molecule has 0 radical (unpaired) electrons. The standard InChI is InChI=1S/C22H20ClN3O6S2/c1-13(27)24-21-25-18-9-7-16(12-19(18)33-21)34(30,31)26-17-8-6-15(23)11-14(17)5-4-10-32-22(2,3)20(28)29/h6-9,11-12,26H,10H2,1-3H3,(H,28,29)(H,24,25,27). The monoisotopic (exact) mass is 521 g/mol. The van der Waals surface area contributed by atoms with Crippen LogP contribution in [0.4, 0.5) is 10.8 Å². The summed E-state index contributed by atoms with van der Waals surface area (Å²) in [4.78, 5) is 26.6. The maximum atomic E-state index is 13.0. The van der Waals surface area contributed by atoms with Gasteiger partial charge in [0.2, 0.25) is 5.91 Å². The number of sulfonamides is 1. The molecule has 0 atom stereocenters. The fourth-order valence-corrected chi connectivity index (χ4v) is 4.90. The first-order chi connectivity index (χ1) is 15.9. The van der Waals surface area contributed by atoms with Crippen LogP contribution in [0.2, 0.25) is 5.02 Å². The molecular formula is C22H20ClN3O6S2. The number of hydrogen-bond acceptors (Lipinski definition) is 7. The van der Waals surface area contributed by atoms with Crippen molar-refractivity contribution in [3.8, 4) is 11.8 Å². The molecule has 0 spiro atoms. The zero-order valence-electron chi connectivity index (χ0n) is 18.3. The third kappa shape index (κ3) is 6.24. The van der Waals surface area contributed by atoms with Crippen LogP contribution in [0.3, 0.4) is 0 Å². The number of aliphatic carboxylic acids is 1. The smallest absolute Gasteiger partial charge is 0.335 e. The molecule has 0 unspecified atom stereocenters. The molecule has 9 nitrogen and oxygen atoms in total. The van der Waals surface area contributed by atoms with Crippen molar-refractivity contribution in [2.75, 3.05) is 16.6 Å². The van der Waals surface area contributed by atoms with Crippen molar-refractivity contribution in [1.29, 1.82) is 0 Å². The van der Waals surface area contributed by atoms with Crippen LogP contribution in [0, 0.1) is 11.8 Å². The molecule has 1 heterocycles. The van der Waals surface area contributed by atoms with Gasteiger partial charge < -0.3 is 15.2 Å². The minimum atomic E-state index is -4.00. The van der Waals surface area contributed by atoms with Crippen LogP contribution in [-0.2, 0) is 24.3 Å². The van der Waals surface area contributed by atoms with Crippen LogP contribution in [0.25, 0.3) is 10.2 Å². The number of anilines is 2. The number of carbonyl (C=O) groups is 2. The van der Waals surface area contributed by atoms with Crippen LogP contribution >= 0.6 is 22.9 Å². The molecule has 1 aromatic heterocycles. The number of ether oxygens (including phenoxy) is 1. The van der Waals surface area contributed by atoms with E-state index in [0.717, 1.165) is 11.3 Å². The summed E-state index contributed by atoms with van der Waals surface area (Å²) in [6.45, 7) is 3.97. The number of thiazole rings is 1. The Labute approximate surface area is 205 Å². The number of nitrogens with zero attached hydrogens (tertiary/aromatic N) is 1. The quantitative estimate of drug-likeness (QED) is 0.401. The Kier molecular flexibility index (Phi) is 7.48. The van der Waals surface area contributed by atoms with Crippen LogP contribution in [0.5, 0.6) is 0 Å². The number of carboxylic acid groups (broad SMARTS) is 1. The average Bonchev–Trinajstić information content (AvgIpc) is 3.13. The van der Waals surface area contributed by atoms with E-state index in [-0.39, 0.29) is 23.1 Å². The summed E-state index contributed by atoms with van der Waals surface area (Å²) in [5, 5.41) is 12.4. The predicted molar refractivity (Wildman–Crippen MR) is 131 cm³/mol. The summed E-state index contributed by atoms with van der Waals surface area (Å²) in [6.07, 6.45) is 0. The van der Waals surface area contributed by atoms with E-state index < -0.39 is 21.6 Å². The number of hydrogen-bond donors (Lipinski definition) is 3. The Morgan fingerprint density at radius 1 is 1.24 bits per heavy atom. The van der Waals surface area contributed by atoms with E-state index >= 15 is 0 Å². The van der Waals surface area contributed by atoms with E-state index in [1.807, 2.05) is 0 Å². The fraction of sp³-hybridized carbons (Fsp3) is 0.227. The molecule has 178 valence electrons. The summed E-state index contributed by atoms with van der Waals surface area (Å²) in [7, 11) is -4.00. The Balaban J connectivity index is 1.85. The zero-order valence-corrected chi connectivity index (χ0v) is 20.7. The van der Waals surface area contributed by atoms with Gasteiger partial charge in [-0.2, -0.15) is 0 Å². The molecule has 2 aromatic carbocycles. The van der Waals surface area contributed by atoms with Gasteiger partial charge in [0.15, 0.2) is 10.7 Å². The number of halogens is 1. The van der Waals surface area contributed by atoms with Crippen LogP contribution in [0.1, 0.15) is 26.3 Å². The lowest BCUT2D eigenvalue weighted by Gasteiger charge is -2.17. The Bertz CT molecular complexity index is 1440. The first kappa shape index (κ1) is 25.5. The van der Waals surface area contributed by atoms with Gasteiger partial charge in [0, 0.05) is 11.9 Å². The van der Waals surface area contributed by atoms with Gasteiger partial charge in [0.1, 0.15) is 6.61 Å². The van der Waals surface area contributed by atoms with Crippen molar-refractivity contribution >= 4 is 65.9 Å². The van der Waals surface area contributed by atoms with Gasteiger partial charge in [-0.1, -0.05) is 34.8 Å². The van der Waals surface area contributed by atoms with Crippen molar-refractivity contribution < 1.29 is 27.9 Å². The fourth-order valence-electron chi connectivity index (χ4n) is 2.60. The lowest BCUT2D eigenvalue weighted by atomic mass is 10.1. The summed E-state index contributed by atoms with van der Waals surface area (Å²) in [6, 6.07) is 8.90. The maximum absolute atomic E-state index is 13.0. The Morgan fingerprint density at radius 2 is 1.97 bits per heavy atom. The number of aromatic nitrogens is 1. The predicted octanol–water partition coefficient (Wildman–Crippen LogP) is 3.94. The average molecular weight is 522 g/mol. The van der Waals surface area contributed by atoms with E-state index in [1.165, 1.54) is 51.1 Å². The van der Waals surface area contributed by atoms with Crippen molar-refractivity contribution in [1.82, 2.24) is 4.98 Å². The first-order valence-corrected chi connectivity index (χ1v) is 12.4. The van der Waals surface area contributed by atoms with Gasteiger partial charge in [-0.15, -0.1) is 0 Å². The largest absolute Gasteiger partial charge is 0.479 e. The van der Waals surface area contributed by atoms with E-state index in [0.29, 0.717) is 25.9 Å². The number of amides is 1. The molecule has 12 heteroatoms. The van der Waals surface area contributed by atoms with Crippen molar-refractivity contribution in [3.05, 3.63) is 47.0 Å². The van der Waals surface area contributed by atoms with Gasteiger partial charge in [-0.3, -0.25) is 9.52 Å². The van der Waals surface area contributed by atoms with Crippen LogP contribution in [0.15, 0.2) is 41.3 Å². The van der Waals surface area contributed by atoms with E-state index in [4.69, 9.17) is 21.4 Å². The summed E-state index contributed by atoms with van der Waals surface area (Å²) < 4.78 is 34.4. The second kappa shape index (κ2) is 9.99. The molecule has 0 aliphatic rings. The lowest BCUT2D eigenvalue weighted by molar-refractivity contribution is -0.159. The van der Waals surface area contributed by atoms with E-state index in [9.17, 15) is 18.0 Å². The first-order valence-electron chi connectivity index (χ1n) is 9.74. The zero-order chi connectivity index (χ0) is 25.1. The van der Waals surface area contributed by atoms with E-state index in [1.54, 1.807) is 6.07 Å². The van der Waals surface area contributed by atoms with Crippen LogP contribution < -0.4 is 10.0 Å². The second-order valence-corrected chi connectivity index (χ2v) is 10.7. The number of carboxylic acids is 1. The molecule has 34 heavy (non-hydrogen) atoms. The van der Waals surface area contributed by atoms with Gasteiger partial charge >= 0.3 is 5.97 Å². The minimum absolute atomic E-state index is 0.00146. The number of rotatable bonds is 7. The normalized spacial score (nSPS) is 11.5. The molecule has 3 N–H and O–H groups in total. The Hall–Kier alpha value is -3.17. The summed E-state index contributed by atoms with van der Waals surface area (Å²) in [5.41, 5.74) is -0.380. The molecule has 0 aliphatic carbocycles. The summed E-state index contributed by atoms with van der Waals surface area (Å²) >= 11 is 7.20. The molecule has 0 aliphatic heterocycles. The van der Waals surface area contributed by atoms with Crippen molar-refractivity contribution in [3.63, 3.8) is 0 Å². The highest BCUT2D eigenvalue weighted by molar-refractivity contribution is 7.92. The molecular weight excluding hydrogens is 502 g/mol. The van der Waals surface area contributed by atoms with Gasteiger partial charge in [0.05, 0.1) is 26.4 Å². The van der Waals surface area contributed by atoms with Gasteiger partial charge in [-0.05, 0) is 50.2 Å². The van der Waals surface area contributed by atoms with Gasteiger partial charge in [-0.25, -0.2) is 18.2 Å². The number of carbonyl (C=O) groups excluding carboxylic acids is 1. The molecule has 0 bridgehead atoms. The Morgan fingerprint density at radius 3 is 2.65 bits per heavy atom. The summed E-state index contributed by atoms with van der Waals surface area (Å²) in [5.74, 6) is 4.03. The molecule has 0 saturated heterocycles. The third-order valence-corrected chi connectivity index (χ3v) is 6.95. The molecule has 1 amide bonds. The number of nitrogens with one attached hydrogen (secondary N) is 2. The maximum Gasteiger partial charge on any atom is 0.335 e. The molecule has 0 saturated carbocycles. The van der Waals surface area contributed by atoms with Gasteiger partial charge in [0.25, 0.3) is 10.0 Å². The SMILES string of the molecule is CC(=O)Nc1nc2ccc(S(=O)(=O)Nc3ccc(Cl)cc3C#CCOC(C)(C)C(=O)O)cc2s1. The molecule has 0 fully saturated rings. The van der Waals surface area contributed by atoms with Crippen molar-refractivity contribution in [2.45, 2.75) is 31.3 Å². The lowest BCUT2D eigenvalue weighted by Crippen LogP contribution is -2.34. The second-order valence-electron chi connectivity index (χ2n) is 7.53. The van der Waals surface area contributed by atoms with E-state index in [2.05, 4.69) is 26.9 Å². The highest BCUT2D eigenvalue weighted by Crippen LogP contribution is 2.29. The third-order valence-electron chi connectivity index (χ3n) is 4.42. The van der Waals surface area contributed by atoms with Crippen LogP contribution in [-0.4, -0.2) is 42.6 Å². The highest BCUT2D eigenvalue weighted by atomic mass is 35.5. The number of benzene rings is 2. The minimum Gasteiger partial charge on any atom is -0.479 e. The topological polar surface area (TPSA) is 135 Å². The molecule has 3 rings (SSSR count). The molecule has 3 aromatic rings.